The SMILES string of the molecule is NC1CCCCC(F)C1. The summed E-state index contributed by atoms with van der Waals surface area (Å²) in [7, 11) is 0. The van der Waals surface area contributed by atoms with Crippen molar-refractivity contribution in [1.82, 2.24) is 0 Å². The molecule has 1 saturated carbocycles. The highest BCUT2D eigenvalue weighted by atomic mass is 19.1. The molecule has 1 nitrogen and oxygen atoms in total. The third-order valence-corrected chi connectivity index (χ3v) is 1.90. The van der Waals surface area contributed by atoms with E-state index in [0.29, 0.717) is 6.42 Å². The average molecular weight is 131 g/mol. The third kappa shape index (κ3) is 2.31. The molecule has 54 valence electrons. The molecule has 0 heterocycles. The molecular formula is C7H14FN. The van der Waals surface area contributed by atoms with Gasteiger partial charge in [-0.3, -0.25) is 0 Å². The zero-order chi connectivity index (χ0) is 6.69. The van der Waals surface area contributed by atoms with Crippen LogP contribution in [0.4, 0.5) is 4.39 Å². The minimum atomic E-state index is -0.623. The molecule has 0 aromatic rings. The van der Waals surface area contributed by atoms with Crippen LogP contribution in [-0.4, -0.2) is 12.2 Å². The first kappa shape index (κ1) is 7.00. The van der Waals surface area contributed by atoms with Crippen molar-refractivity contribution in [2.24, 2.45) is 5.73 Å². The van der Waals surface area contributed by atoms with E-state index < -0.39 is 6.17 Å². The lowest BCUT2D eigenvalue weighted by atomic mass is 10.1. The summed E-state index contributed by atoms with van der Waals surface area (Å²) in [4.78, 5) is 0. The lowest BCUT2D eigenvalue weighted by molar-refractivity contribution is 0.290. The number of rotatable bonds is 0. The van der Waals surface area contributed by atoms with Crippen molar-refractivity contribution in [2.45, 2.75) is 44.3 Å². The number of hydrogen-bond donors (Lipinski definition) is 1. The zero-order valence-corrected chi connectivity index (χ0v) is 5.65. The molecule has 0 aromatic heterocycles. The van der Waals surface area contributed by atoms with Gasteiger partial charge in [0.25, 0.3) is 0 Å². The van der Waals surface area contributed by atoms with E-state index >= 15 is 0 Å². The summed E-state index contributed by atoms with van der Waals surface area (Å²) in [5.41, 5.74) is 5.59. The molecule has 0 amide bonds. The molecule has 9 heavy (non-hydrogen) atoms. The first-order chi connectivity index (χ1) is 4.29. The van der Waals surface area contributed by atoms with Crippen molar-refractivity contribution in [1.29, 1.82) is 0 Å². The van der Waals surface area contributed by atoms with Crippen LogP contribution in [0.5, 0.6) is 0 Å². The molecule has 0 radical (unpaired) electrons. The summed E-state index contributed by atoms with van der Waals surface area (Å²) in [6, 6.07) is 0.127. The topological polar surface area (TPSA) is 26.0 Å². The van der Waals surface area contributed by atoms with E-state index in [1.165, 1.54) is 0 Å². The highest BCUT2D eigenvalue weighted by Crippen LogP contribution is 2.18. The lowest BCUT2D eigenvalue weighted by Gasteiger charge is -2.07. The Morgan fingerprint density at radius 3 is 2.67 bits per heavy atom. The van der Waals surface area contributed by atoms with Crippen LogP contribution in [0.3, 0.4) is 0 Å². The third-order valence-electron chi connectivity index (χ3n) is 1.90. The van der Waals surface area contributed by atoms with Gasteiger partial charge in [0, 0.05) is 6.04 Å². The van der Waals surface area contributed by atoms with E-state index in [9.17, 15) is 4.39 Å². The van der Waals surface area contributed by atoms with E-state index in [0.717, 1.165) is 25.7 Å². The molecular weight excluding hydrogens is 117 g/mol. The molecule has 0 spiro atoms. The number of nitrogens with two attached hydrogens (primary N) is 1. The molecule has 1 aliphatic carbocycles. The van der Waals surface area contributed by atoms with Crippen molar-refractivity contribution < 1.29 is 4.39 Å². The molecule has 0 bridgehead atoms. The standard InChI is InChI=1S/C7H14FN/c8-6-3-1-2-4-7(9)5-6/h6-7H,1-5,9H2. The van der Waals surface area contributed by atoms with Gasteiger partial charge in [0.1, 0.15) is 6.17 Å². The van der Waals surface area contributed by atoms with Crippen LogP contribution in [0.15, 0.2) is 0 Å². The van der Waals surface area contributed by atoms with Gasteiger partial charge in [-0.2, -0.15) is 0 Å². The van der Waals surface area contributed by atoms with Gasteiger partial charge in [-0.15, -0.1) is 0 Å². The average Bonchev–Trinajstić information content (AvgIpc) is 1.93. The lowest BCUT2D eigenvalue weighted by Crippen LogP contribution is -2.21. The summed E-state index contributed by atoms with van der Waals surface area (Å²) in [5.74, 6) is 0. The molecule has 1 rings (SSSR count). The van der Waals surface area contributed by atoms with Crippen LogP contribution in [-0.2, 0) is 0 Å². The smallest absolute Gasteiger partial charge is 0.102 e. The van der Waals surface area contributed by atoms with Crippen LogP contribution < -0.4 is 5.73 Å². The first-order valence-electron chi connectivity index (χ1n) is 3.68. The summed E-state index contributed by atoms with van der Waals surface area (Å²) in [6.45, 7) is 0. The molecule has 0 aliphatic heterocycles. The predicted octanol–water partition coefficient (Wildman–Crippen LogP) is 1.62. The largest absolute Gasteiger partial charge is 0.328 e. The number of alkyl halides is 1. The summed E-state index contributed by atoms with van der Waals surface area (Å²) >= 11 is 0. The van der Waals surface area contributed by atoms with Gasteiger partial charge in [0.05, 0.1) is 0 Å². The maximum absolute atomic E-state index is 12.6. The monoisotopic (exact) mass is 131 g/mol. The second kappa shape index (κ2) is 3.16. The van der Waals surface area contributed by atoms with Gasteiger partial charge in [0.2, 0.25) is 0 Å². The van der Waals surface area contributed by atoms with Gasteiger partial charge in [-0.25, -0.2) is 4.39 Å². The van der Waals surface area contributed by atoms with Crippen LogP contribution in [0.25, 0.3) is 0 Å². The Kier molecular flexibility index (Phi) is 2.46. The zero-order valence-electron chi connectivity index (χ0n) is 5.65. The highest BCUT2D eigenvalue weighted by Gasteiger charge is 2.15. The van der Waals surface area contributed by atoms with Crippen molar-refractivity contribution >= 4 is 0 Å². The molecule has 2 atom stereocenters. The van der Waals surface area contributed by atoms with Crippen molar-refractivity contribution in [3.05, 3.63) is 0 Å². The van der Waals surface area contributed by atoms with Crippen molar-refractivity contribution in [2.75, 3.05) is 0 Å². The van der Waals surface area contributed by atoms with Gasteiger partial charge in [-0.1, -0.05) is 12.8 Å². The highest BCUT2D eigenvalue weighted by molar-refractivity contribution is 4.71. The Morgan fingerprint density at radius 2 is 1.89 bits per heavy atom. The second-order valence-electron chi connectivity index (χ2n) is 2.88. The second-order valence-corrected chi connectivity index (χ2v) is 2.88. The fraction of sp³-hybridized carbons (Fsp3) is 1.00. The Morgan fingerprint density at radius 1 is 1.22 bits per heavy atom. The van der Waals surface area contributed by atoms with Gasteiger partial charge in [0.15, 0.2) is 0 Å². The van der Waals surface area contributed by atoms with E-state index in [1.807, 2.05) is 0 Å². The van der Waals surface area contributed by atoms with E-state index in [1.54, 1.807) is 0 Å². The Balaban J connectivity index is 2.29. The predicted molar refractivity (Wildman–Crippen MR) is 36.0 cm³/mol. The van der Waals surface area contributed by atoms with E-state index in [-0.39, 0.29) is 6.04 Å². The first-order valence-corrected chi connectivity index (χ1v) is 3.68. The molecule has 1 aliphatic rings. The molecule has 2 unspecified atom stereocenters. The van der Waals surface area contributed by atoms with Crippen LogP contribution in [0.1, 0.15) is 32.1 Å². The molecule has 1 fully saturated rings. The van der Waals surface area contributed by atoms with Crippen LogP contribution in [0.2, 0.25) is 0 Å². The minimum absolute atomic E-state index is 0.127. The normalized spacial score (nSPS) is 38.0. The molecule has 0 aromatic carbocycles. The van der Waals surface area contributed by atoms with Crippen molar-refractivity contribution in [3.8, 4) is 0 Å². The number of halogens is 1. The Labute approximate surface area is 55.4 Å². The van der Waals surface area contributed by atoms with E-state index in [2.05, 4.69) is 0 Å². The van der Waals surface area contributed by atoms with Crippen LogP contribution >= 0.6 is 0 Å². The Hall–Kier alpha value is -0.110. The Bertz CT molecular complexity index is 75.0. The summed E-state index contributed by atoms with van der Waals surface area (Å²) < 4.78 is 12.6. The van der Waals surface area contributed by atoms with Gasteiger partial charge >= 0.3 is 0 Å². The minimum Gasteiger partial charge on any atom is -0.328 e. The fourth-order valence-electron chi connectivity index (χ4n) is 1.34. The molecule has 2 heteroatoms. The fourth-order valence-corrected chi connectivity index (χ4v) is 1.34. The van der Waals surface area contributed by atoms with Crippen LogP contribution in [0, 0.1) is 0 Å². The maximum atomic E-state index is 12.6. The molecule has 0 saturated heterocycles. The maximum Gasteiger partial charge on any atom is 0.102 e. The van der Waals surface area contributed by atoms with Gasteiger partial charge < -0.3 is 5.73 Å². The van der Waals surface area contributed by atoms with Crippen molar-refractivity contribution in [3.63, 3.8) is 0 Å². The summed E-state index contributed by atoms with van der Waals surface area (Å²) in [6.07, 6.45) is 3.84. The quantitative estimate of drug-likeness (QED) is 0.497. The number of hydrogen-bond acceptors (Lipinski definition) is 1. The summed E-state index contributed by atoms with van der Waals surface area (Å²) in [5, 5.41) is 0. The van der Waals surface area contributed by atoms with Gasteiger partial charge in [-0.05, 0) is 19.3 Å². The van der Waals surface area contributed by atoms with E-state index in [4.69, 9.17) is 5.73 Å². The molecule has 2 N–H and O–H groups in total.